The minimum atomic E-state index is -0.553. The zero-order valence-electron chi connectivity index (χ0n) is 31.2. The number of imide groups is 1. The predicted octanol–water partition coefficient (Wildman–Crippen LogP) is 5.51. The fourth-order valence-corrected chi connectivity index (χ4v) is 9.01. The maximum atomic E-state index is 15.4. The van der Waals surface area contributed by atoms with Crippen molar-refractivity contribution in [3.05, 3.63) is 87.5 Å². The number of nitriles is 1. The summed E-state index contributed by atoms with van der Waals surface area (Å²) in [6, 6.07) is 19.7. The molecule has 4 aliphatic heterocycles. The summed E-state index contributed by atoms with van der Waals surface area (Å²) in [5.41, 5.74) is 7.79. The van der Waals surface area contributed by atoms with Crippen LogP contribution in [-0.2, 0) is 16.6 Å². The first-order chi connectivity index (χ1) is 26.1. The molecule has 1 aromatic heterocycles. The lowest BCUT2D eigenvalue weighted by Crippen LogP contribution is -2.48. The normalized spacial score (nSPS) is 20.2. The molecule has 1 atom stereocenters. The van der Waals surface area contributed by atoms with E-state index in [1.165, 1.54) is 11.6 Å². The number of carbonyl (C=O) groups excluding carboxylic acids is 2. The lowest BCUT2D eigenvalue weighted by molar-refractivity contribution is -0.133. The van der Waals surface area contributed by atoms with E-state index < -0.39 is 6.04 Å². The molecule has 5 heterocycles. The number of carbonyl (C=O) groups is 2. The first-order valence-corrected chi connectivity index (χ1v) is 19.1. The fraction of sp³-hybridized carbons (Fsp3) is 0.429. The van der Waals surface area contributed by atoms with Crippen molar-refractivity contribution in [1.29, 1.82) is 5.26 Å². The molecule has 0 radical (unpaired) electrons. The number of aryl methyl sites for hydroxylation is 2. The highest BCUT2D eigenvalue weighted by Gasteiger charge is 2.32. The molecule has 12 heteroatoms. The number of nitrogens with zero attached hydrogens (tertiary/aromatic N) is 6. The van der Waals surface area contributed by atoms with Gasteiger partial charge in [-0.3, -0.25) is 19.7 Å². The third kappa shape index (κ3) is 6.66. The fourth-order valence-electron chi connectivity index (χ4n) is 9.01. The Morgan fingerprint density at radius 2 is 1.57 bits per heavy atom. The smallest absolute Gasteiger partial charge is 0.253 e. The third-order valence-electron chi connectivity index (χ3n) is 12.1. The number of hydrogen-bond acceptors (Lipinski definition) is 9. The molecule has 0 spiro atoms. The average molecular weight is 731 g/mol. The first kappa shape index (κ1) is 35.6. The summed E-state index contributed by atoms with van der Waals surface area (Å²) in [5, 5.41) is 16.2. The van der Waals surface area contributed by atoms with Crippen LogP contribution >= 0.6 is 0 Å². The van der Waals surface area contributed by atoms with Gasteiger partial charge in [0.15, 0.2) is 0 Å². The monoisotopic (exact) mass is 730 g/mol. The molecule has 4 aromatic rings. The van der Waals surface area contributed by atoms with E-state index in [0.29, 0.717) is 40.9 Å². The maximum Gasteiger partial charge on any atom is 0.253 e. The Kier molecular flexibility index (Phi) is 9.52. The summed E-state index contributed by atoms with van der Waals surface area (Å²) in [5.74, 6) is -0.626. The van der Waals surface area contributed by atoms with Crippen LogP contribution in [0.2, 0.25) is 0 Å². The first-order valence-electron chi connectivity index (χ1n) is 19.1. The summed E-state index contributed by atoms with van der Waals surface area (Å²) in [7, 11) is 3.95. The van der Waals surface area contributed by atoms with Crippen molar-refractivity contribution >= 4 is 51.2 Å². The van der Waals surface area contributed by atoms with Crippen LogP contribution in [0, 0.1) is 24.1 Å². The van der Waals surface area contributed by atoms with Gasteiger partial charge in [-0.15, -0.1) is 0 Å². The summed E-state index contributed by atoms with van der Waals surface area (Å²) in [4.78, 5) is 46.1. The van der Waals surface area contributed by atoms with Crippen LogP contribution < -0.4 is 30.9 Å². The minimum absolute atomic E-state index is 0.0111. The number of nitrogens with one attached hydrogen (secondary N) is 2. The van der Waals surface area contributed by atoms with Crippen molar-refractivity contribution in [2.45, 2.75) is 63.5 Å². The number of anilines is 5. The number of halogens is 1. The van der Waals surface area contributed by atoms with Crippen LogP contribution in [0.15, 0.2) is 59.4 Å². The number of benzene rings is 3. The van der Waals surface area contributed by atoms with E-state index in [-0.39, 0.29) is 29.6 Å². The van der Waals surface area contributed by atoms with E-state index in [2.05, 4.69) is 55.5 Å². The summed E-state index contributed by atoms with van der Waals surface area (Å²) >= 11 is 0. The predicted molar refractivity (Wildman–Crippen MR) is 210 cm³/mol. The van der Waals surface area contributed by atoms with Crippen LogP contribution in [0.25, 0.3) is 10.9 Å². The van der Waals surface area contributed by atoms with Gasteiger partial charge in [0.2, 0.25) is 11.8 Å². The molecule has 0 bridgehead atoms. The summed E-state index contributed by atoms with van der Waals surface area (Å²) < 4.78 is 17.1. The molecule has 54 heavy (non-hydrogen) atoms. The quantitative estimate of drug-likeness (QED) is 0.248. The molecule has 4 aliphatic rings. The van der Waals surface area contributed by atoms with Crippen molar-refractivity contribution < 1.29 is 14.0 Å². The zero-order valence-corrected chi connectivity index (χ0v) is 31.2. The van der Waals surface area contributed by atoms with Crippen molar-refractivity contribution in [3.63, 3.8) is 0 Å². The molecule has 3 saturated heterocycles. The van der Waals surface area contributed by atoms with Crippen molar-refractivity contribution in [2.75, 3.05) is 66.3 Å². The van der Waals surface area contributed by atoms with E-state index in [1.54, 1.807) is 10.6 Å². The number of pyridine rings is 1. The Hall–Kier alpha value is -5.41. The van der Waals surface area contributed by atoms with Crippen LogP contribution in [0.4, 0.5) is 32.8 Å². The molecular formula is C42H47FN8O3. The molecule has 0 saturated carbocycles. The van der Waals surface area contributed by atoms with E-state index in [1.807, 2.05) is 44.3 Å². The number of likely N-dealkylation sites (N-methyl/N-ethyl adjacent to an activating group) is 1. The summed E-state index contributed by atoms with van der Waals surface area (Å²) in [6.45, 7) is 6.98. The van der Waals surface area contributed by atoms with Crippen LogP contribution in [0.3, 0.4) is 0 Å². The Morgan fingerprint density at radius 3 is 2.30 bits per heavy atom. The second-order valence-electron chi connectivity index (χ2n) is 15.4. The highest BCUT2D eigenvalue weighted by atomic mass is 19.1. The number of piperidine rings is 3. The highest BCUT2D eigenvalue weighted by molar-refractivity contribution is 6.01. The van der Waals surface area contributed by atoms with Crippen molar-refractivity contribution in [2.24, 2.45) is 7.05 Å². The lowest BCUT2D eigenvalue weighted by atomic mass is 9.86. The van der Waals surface area contributed by atoms with Crippen LogP contribution in [0.5, 0.6) is 0 Å². The molecule has 0 aliphatic carbocycles. The number of amides is 2. The van der Waals surface area contributed by atoms with Crippen LogP contribution in [-0.4, -0.2) is 79.7 Å². The Bertz CT molecular complexity index is 2230. The molecule has 8 rings (SSSR count). The molecule has 3 aromatic carbocycles. The lowest BCUT2D eigenvalue weighted by Gasteiger charge is -2.43. The van der Waals surface area contributed by atoms with E-state index in [9.17, 15) is 19.6 Å². The Balaban J connectivity index is 0.959. The highest BCUT2D eigenvalue weighted by Crippen LogP contribution is 2.43. The Morgan fingerprint density at radius 1 is 0.815 bits per heavy atom. The molecule has 1 unspecified atom stereocenters. The molecular weight excluding hydrogens is 684 g/mol. The molecule has 280 valence electrons. The number of hydrogen-bond donors (Lipinski definition) is 2. The van der Waals surface area contributed by atoms with Gasteiger partial charge < -0.3 is 29.5 Å². The number of likely N-dealkylation sites (tertiary alicyclic amines) is 1. The van der Waals surface area contributed by atoms with Gasteiger partial charge in [0, 0.05) is 69.4 Å². The topological polar surface area (TPSA) is 117 Å². The maximum absolute atomic E-state index is 15.4. The van der Waals surface area contributed by atoms with Crippen molar-refractivity contribution in [3.8, 4) is 6.07 Å². The summed E-state index contributed by atoms with van der Waals surface area (Å²) in [6.07, 6.45) is 4.59. The van der Waals surface area contributed by atoms with Gasteiger partial charge in [0.05, 0.1) is 39.9 Å². The van der Waals surface area contributed by atoms with Gasteiger partial charge in [0.25, 0.3) is 5.56 Å². The minimum Gasteiger partial charge on any atom is -0.374 e. The molecule has 11 nitrogen and oxygen atoms in total. The van der Waals surface area contributed by atoms with Crippen molar-refractivity contribution in [1.82, 2.24) is 14.8 Å². The van der Waals surface area contributed by atoms with Gasteiger partial charge in [-0.25, -0.2) is 4.39 Å². The largest absolute Gasteiger partial charge is 0.374 e. The second-order valence-corrected chi connectivity index (χ2v) is 15.4. The molecule has 2 N–H and O–H groups in total. The number of rotatable bonds is 6. The van der Waals surface area contributed by atoms with Gasteiger partial charge in [0.1, 0.15) is 11.9 Å². The second kappa shape index (κ2) is 14.4. The SMILES string of the molecule is Cc1cc2c(N3CCN(C)c4ccc(C#N)cc43)cc(C3CCN(C4CCN(c5ccc(NC6CCC(=O)NC6=O)cc5F)CC4)CC3)cc2n(C)c1=O. The number of aromatic nitrogens is 1. The zero-order chi connectivity index (χ0) is 37.7. The van der Waals surface area contributed by atoms with Gasteiger partial charge in [-0.1, -0.05) is 0 Å². The Labute approximate surface area is 314 Å². The van der Waals surface area contributed by atoms with E-state index in [0.717, 1.165) is 92.9 Å². The van der Waals surface area contributed by atoms with E-state index >= 15 is 4.39 Å². The molecule has 2 amide bonds. The standard InChI is InChI=1S/C42H47FN8O3/c1-26-20-32-37(48(3)42(26)54)22-29(23-38(32)51-19-18-47(2)36-7-4-27(25-44)21-39(36)51)28-10-14-49(15-11-28)31-12-16-50(17-13-31)35-8-5-30(24-33(35)43)45-34-6-9-40(52)46-41(34)53/h4-5,7-8,20-24,28,31,34,45H,6,9-19H2,1-3H3,(H,46,52,53). The van der Waals surface area contributed by atoms with Gasteiger partial charge >= 0.3 is 0 Å². The van der Waals surface area contributed by atoms with E-state index in [4.69, 9.17) is 0 Å². The van der Waals surface area contributed by atoms with Crippen LogP contribution in [0.1, 0.15) is 61.1 Å². The van der Waals surface area contributed by atoms with Gasteiger partial charge in [-0.2, -0.15) is 5.26 Å². The molecule has 3 fully saturated rings. The number of fused-ring (bicyclic) bond motifs is 2. The van der Waals surface area contributed by atoms with Gasteiger partial charge in [-0.05, 0) is 118 Å². The average Bonchev–Trinajstić information content (AvgIpc) is 3.18. The third-order valence-corrected chi connectivity index (χ3v) is 12.1.